The topological polar surface area (TPSA) is 81.9 Å². The van der Waals surface area contributed by atoms with Crippen molar-refractivity contribution in [3.8, 4) is 0 Å². The SMILES string of the molecule is CC(Sc1nnnn1CC1CCCO1)C(=O)Nc1ccccc1Sc1ccccc1. The van der Waals surface area contributed by atoms with Crippen molar-refractivity contribution >= 4 is 35.1 Å². The van der Waals surface area contributed by atoms with E-state index < -0.39 is 0 Å². The average molecular weight is 442 g/mol. The van der Waals surface area contributed by atoms with Crippen molar-refractivity contribution in [2.24, 2.45) is 0 Å². The third-order valence-electron chi connectivity index (χ3n) is 4.67. The van der Waals surface area contributed by atoms with E-state index in [1.165, 1.54) is 11.8 Å². The quantitative estimate of drug-likeness (QED) is 0.527. The Bertz CT molecular complexity index is 976. The van der Waals surface area contributed by atoms with Crippen molar-refractivity contribution in [2.45, 2.75) is 52.6 Å². The molecule has 1 aromatic heterocycles. The zero-order valence-electron chi connectivity index (χ0n) is 16.6. The lowest BCUT2D eigenvalue weighted by molar-refractivity contribution is -0.115. The Hall–Kier alpha value is -2.36. The number of tetrazole rings is 1. The molecule has 1 aliphatic heterocycles. The van der Waals surface area contributed by atoms with Gasteiger partial charge in [0, 0.05) is 16.4 Å². The minimum Gasteiger partial charge on any atom is -0.376 e. The second-order valence-electron chi connectivity index (χ2n) is 6.94. The highest BCUT2D eigenvalue weighted by Crippen LogP contribution is 2.33. The minimum atomic E-state index is -0.353. The van der Waals surface area contributed by atoms with Gasteiger partial charge < -0.3 is 10.1 Å². The third kappa shape index (κ3) is 5.41. The van der Waals surface area contributed by atoms with E-state index in [1.54, 1.807) is 16.4 Å². The van der Waals surface area contributed by atoms with Crippen LogP contribution in [0.4, 0.5) is 5.69 Å². The molecule has 0 bridgehead atoms. The van der Waals surface area contributed by atoms with Crippen molar-refractivity contribution in [2.75, 3.05) is 11.9 Å². The molecule has 1 aliphatic rings. The van der Waals surface area contributed by atoms with Crippen LogP contribution in [0.5, 0.6) is 0 Å². The number of nitrogens with zero attached hydrogens (tertiary/aromatic N) is 4. The fourth-order valence-corrected chi connectivity index (χ4v) is 4.82. The molecule has 1 saturated heterocycles. The van der Waals surface area contributed by atoms with Crippen molar-refractivity contribution in [3.05, 3.63) is 54.6 Å². The van der Waals surface area contributed by atoms with Gasteiger partial charge in [0.1, 0.15) is 0 Å². The Morgan fingerprint density at radius 2 is 2.03 bits per heavy atom. The molecule has 9 heteroatoms. The summed E-state index contributed by atoms with van der Waals surface area (Å²) < 4.78 is 7.39. The van der Waals surface area contributed by atoms with Gasteiger partial charge in [0.25, 0.3) is 0 Å². The Morgan fingerprint density at radius 3 is 2.83 bits per heavy atom. The number of thioether (sulfide) groups is 1. The lowest BCUT2D eigenvalue weighted by Gasteiger charge is -2.15. The Morgan fingerprint density at radius 1 is 1.23 bits per heavy atom. The van der Waals surface area contributed by atoms with Crippen LogP contribution in [0.1, 0.15) is 19.8 Å². The van der Waals surface area contributed by atoms with Gasteiger partial charge in [-0.25, -0.2) is 4.68 Å². The molecule has 0 spiro atoms. The van der Waals surface area contributed by atoms with E-state index in [4.69, 9.17) is 4.74 Å². The van der Waals surface area contributed by atoms with Gasteiger partial charge in [-0.2, -0.15) is 0 Å². The van der Waals surface area contributed by atoms with Crippen LogP contribution in [-0.2, 0) is 16.1 Å². The van der Waals surface area contributed by atoms with E-state index in [0.717, 1.165) is 34.9 Å². The summed E-state index contributed by atoms with van der Waals surface area (Å²) in [6, 6.07) is 17.9. The number of amides is 1. The first-order valence-corrected chi connectivity index (χ1v) is 11.6. The zero-order valence-corrected chi connectivity index (χ0v) is 18.2. The van der Waals surface area contributed by atoms with Gasteiger partial charge in [-0.05, 0) is 54.5 Å². The maximum absolute atomic E-state index is 12.9. The molecule has 2 aromatic carbocycles. The van der Waals surface area contributed by atoms with E-state index in [-0.39, 0.29) is 17.3 Å². The fraction of sp³-hybridized carbons (Fsp3) is 0.333. The molecule has 1 fully saturated rings. The molecule has 7 nitrogen and oxygen atoms in total. The summed E-state index contributed by atoms with van der Waals surface area (Å²) in [5.74, 6) is -0.0900. The summed E-state index contributed by atoms with van der Waals surface area (Å²) >= 11 is 2.97. The van der Waals surface area contributed by atoms with Gasteiger partial charge in [-0.1, -0.05) is 53.9 Å². The van der Waals surface area contributed by atoms with Crippen LogP contribution >= 0.6 is 23.5 Å². The first kappa shape index (κ1) is 20.9. The number of nitrogens with one attached hydrogen (secondary N) is 1. The van der Waals surface area contributed by atoms with Gasteiger partial charge in [0.05, 0.1) is 23.6 Å². The van der Waals surface area contributed by atoms with Crippen molar-refractivity contribution in [3.63, 3.8) is 0 Å². The highest BCUT2D eigenvalue weighted by Gasteiger charge is 2.22. The van der Waals surface area contributed by atoms with E-state index in [0.29, 0.717) is 11.7 Å². The number of para-hydroxylation sites is 1. The van der Waals surface area contributed by atoms with Crippen LogP contribution in [0.15, 0.2) is 69.5 Å². The van der Waals surface area contributed by atoms with Gasteiger partial charge >= 0.3 is 0 Å². The average Bonchev–Trinajstić information content (AvgIpc) is 3.43. The Labute approximate surface area is 184 Å². The number of hydrogen-bond acceptors (Lipinski definition) is 7. The standard InChI is InChI=1S/C21H23N5O2S2/c1-15(29-21-23-24-25-26(21)14-16-8-7-13-28-16)20(27)22-18-11-5-6-12-19(18)30-17-9-3-2-4-10-17/h2-6,9-12,15-16H,7-8,13-14H2,1H3,(H,22,27). The highest BCUT2D eigenvalue weighted by atomic mass is 32.2. The van der Waals surface area contributed by atoms with Crippen LogP contribution in [-0.4, -0.2) is 44.1 Å². The fourth-order valence-electron chi connectivity index (χ4n) is 3.10. The predicted molar refractivity (Wildman–Crippen MR) is 118 cm³/mol. The molecule has 0 saturated carbocycles. The largest absolute Gasteiger partial charge is 0.376 e. The number of benzene rings is 2. The molecule has 0 aliphatic carbocycles. The van der Waals surface area contributed by atoms with E-state index in [1.807, 2.05) is 49.4 Å². The predicted octanol–water partition coefficient (Wildman–Crippen LogP) is 4.12. The summed E-state index contributed by atoms with van der Waals surface area (Å²) in [4.78, 5) is 15.0. The summed E-state index contributed by atoms with van der Waals surface area (Å²) in [6.07, 6.45) is 2.21. The number of rotatable bonds is 8. The molecule has 0 radical (unpaired) electrons. The molecule has 30 heavy (non-hydrogen) atoms. The number of carbonyl (C=O) groups is 1. The maximum atomic E-state index is 12.9. The number of aromatic nitrogens is 4. The van der Waals surface area contributed by atoms with Crippen molar-refractivity contribution in [1.82, 2.24) is 20.2 Å². The lowest BCUT2D eigenvalue weighted by atomic mass is 10.2. The molecule has 3 aromatic rings. The number of carbonyl (C=O) groups excluding carboxylic acids is 1. The van der Waals surface area contributed by atoms with Gasteiger partial charge in [0.2, 0.25) is 11.1 Å². The van der Waals surface area contributed by atoms with Crippen molar-refractivity contribution < 1.29 is 9.53 Å². The molecule has 1 N–H and O–H groups in total. The van der Waals surface area contributed by atoms with Crippen LogP contribution in [0.25, 0.3) is 0 Å². The first-order chi connectivity index (χ1) is 14.7. The smallest absolute Gasteiger partial charge is 0.237 e. The van der Waals surface area contributed by atoms with Gasteiger partial charge in [-0.3, -0.25) is 4.79 Å². The number of hydrogen-bond donors (Lipinski definition) is 1. The first-order valence-electron chi connectivity index (χ1n) is 9.86. The molecule has 2 unspecified atom stereocenters. The van der Waals surface area contributed by atoms with Gasteiger partial charge in [0.15, 0.2) is 0 Å². The summed E-state index contributed by atoms with van der Waals surface area (Å²) in [5.41, 5.74) is 0.794. The van der Waals surface area contributed by atoms with Crippen LogP contribution in [0.3, 0.4) is 0 Å². The van der Waals surface area contributed by atoms with E-state index in [9.17, 15) is 4.79 Å². The van der Waals surface area contributed by atoms with E-state index >= 15 is 0 Å². The van der Waals surface area contributed by atoms with Crippen LogP contribution < -0.4 is 5.32 Å². The summed E-state index contributed by atoms with van der Waals surface area (Å²) in [6.45, 7) is 3.26. The molecule has 2 heterocycles. The lowest BCUT2D eigenvalue weighted by Crippen LogP contribution is -2.24. The number of anilines is 1. The Kier molecular flexibility index (Phi) is 7.03. The Balaban J connectivity index is 1.39. The molecule has 1 amide bonds. The second-order valence-corrected chi connectivity index (χ2v) is 9.36. The van der Waals surface area contributed by atoms with Gasteiger partial charge in [-0.15, -0.1) is 5.10 Å². The third-order valence-corrected chi connectivity index (χ3v) is 6.82. The normalized spacial score (nSPS) is 17.0. The summed E-state index contributed by atoms with van der Waals surface area (Å²) in [7, 11) is 0. The number of ether oxygens (including phenoxy) is 1. The van der Waals surface area contributed by atoms with E-state index in [2.05, 4.69) is 33.0 Å². The monoisotopic (exact) mass is 441 g/mol. The second kappa shape index (κ2) is 10.1. The zero-order chi connectivity index (χ0) is 20.8. The highest BCUT2D eigenvalue weighted by molar-refractivity contribution is 8.00. The minimum absolute atomic E-state index is 0.0900. The molecule has 2 atom stereocenters. The summed E-state index contributed by atoms with van der Waals surface area (Å²) in [5, 5.41) is 15.2. The molecule has 156 valence electrons. The molecular formula is C21H23N5O2S2. The maximum Gasteiger partial charge on any atom is 0.237 e. The van der Waals surface area contributed by atoms with Crippen LogP contribution in [0, 0.1) is 0 Å². The van der Waals surface area contributed by atoms with Crippen LogP contribution in [0.2, 0.25) is 0 Å². The molecular weight excluding hydrogens is 418 g/mol. The molecule has 4 rings (SSSR count). The van der Waals surface area contributed by atoms with Crippen molar-refractivity contribution in [1.29, 1.82) is 0 Å².